The Morgan fingerprint density at radius 2 is 2.30 bits per heavy atom. The van der Waals surface area contributed by atoms with Crippen LogP contribution in [0.2, 0.25) is 5.02 Å². The fraction of sp³-hybridized carbons (Fsp3) is 0.294. The van der Waals surface area contributed by atoms with E-state index in [9.17, 15) is 4.79 Å². The minimum absolute atomic E-state index is 0.124. The van der Waals surface area contributed by atoms with Gasteiger partial charge in [0.1, 0.15) is 5.75 Å². The molecule has 0 saturated heterocycles. The van der Waals surface area contributed by atoms with Crippen LogP contribution in [0.15, 0.2) is 18.2 Å². The molecule has 2 aromatic rings. The molecule has 23 heavy (non-hydrogen) atoms. The number of nitrogens with one attached hydrogen (secondary N) is 1. The Hall–Kier alpha value is -2.03. The van der Waals surface area contributed by atoms with E-state index in [4.69, 9.17) is 21.6 Å². The summed E-state index contributed by atoms with van der Waals surface area (Å²) in [4.78, 5) is 13.9. The summed E-state index contributed by atoms with van der Waals surface area (Å²) in [5, 5.41) is 12.0. The van der Waals surface area contributed by atoms with E-state index in [1.54, 1.807) is 7.11 Å². The lowest BCUT2D eigenvalue weighted by Crippen LogP contribution is -2.23. The number of thiophene rings is 1. The lowest BCUT2D eigenvalue weighted by Gasteiger charge is -2.18. The Morgan fingerprint density at radius 1 is 1.48 bits per heavy atom. The number of ether oxygens (including phenoxy) is 1. The van der Waals surface area contributed by atoms with Gasteiger partial charge >= 0.3 is 0 Å². The monoisotopic (exact) mass is 346 g/mol. The molecule has 0 unspecified atom stereocenters. The van der Waals surface area contributed by atoms with Gasteiger partial charge in [-0.05, 0) is 47.7 Å². The number of nitriles is 1. The number of fused-ring (bicyclic) bond motifs is 3. The highest BCUT2D eigenvalue weighted by Crippen LogP contribution is 2.44. The Kier molecular flexibility index (Phi) is 4.56. The van der Waals surface area contributed by atoms with E-state index < -0.39 is 0 Å². The number of aryl methyl sites for hydroxylation is 1. The Labute approximate surface area is 143 Å². The van der Waals surface area contributed by atoms with Crippen LogP contribution < -0.4 is 10.1 Å². The molecule has 0 spiro atoms. The molecule has 1 heterocycles. The second-order valence-corrected chi connectivity index (χ2v) is 6.67. The van der Waals surface area contributed by atoms with Gasteiger partial charge in [-0.2, -0.15) is 5.26 Å². The van der Waals surface area contributed by atoms with Crippen LogP contribution in [-0.4, -0.2) is 19.6 Å². The molecule has 1 amide bonds. The van der Waals surface area contributed by atoms with Crippen molar-refractivity contribution in [1.29, 1.82) is 5.26 Å². The van der Waals surface area contributed by atoms with Crippen molar-refractivity contribution in [3.05, 3.63) is 39.2 Å². The first-order chi connectivity index (χ1) is 11.2. The molecule has 0 atom stereocenters. The van der Waals surface area contributed by atoms with Crippen LogP contribution in [0.1, 0.15) is 27.2 Å². The van der Waals surface area contributed by atoms with E-state index in [0.717, 1.165) is 28.8 Å². The predicted molar refractivity (Wildman–Crippen MR) is 91.3 cm³/mol. The number of hydrogen-bond donors (Lipinski definition) is 1. The first kappa shape index (κ1) is 15.9. The number of methoxy groups -OCH3 is 1. The first-order valence-electron chi connectivity index (χ1n) is 7.29. The molecule has 0 aliphatic heterocycles. The highest BCUT2D eigenvalue weighted by Gasteiger charge is 2.24. The molecule has 0 fully saturated rings. The molecule has 118 valence electrons. The molecule has 4 nitrogen and oxygen atoms in total. The van der Waals surface area contributed by atoms with Crippen LogP contribution in [0, 0.1) is 11.3 Å². The average molecular weight is 347 g/mol. The number of rotatable bonds is 4. The summed E-state index contributed by atoms with van der Waals surface area (Å²) < 4.78 is 5.28. The summed E-state index contributed by atoms with van der Waals surface area (Å²) in [5.41, 5.74) is 3.34. The van der Waals surface area contributed by atoms with Crippen LogP contribution in [0.3, 0.4) is 0 Å². The number of halogens is 1. The number of benzene rings is 1. The summed E-state index contributed by atoms with van der Waals surface area (Å²) in [6.45, 7) is 0.373. The average Bonchev–Trinajstić information content (AvgIpc) is 3.00. The Balaban J connectivity index is 1.93. The standard InChI is InChI=1S/C17H15ClN2O2S/c1-22-13-6-5-12-11(15(13)18)4-3-10-9-14(23-16(10)12)17(21)20-8-2-7-19/h5-6,9H,2-4,8H2,1H3,(H,20,21). The number of carbonyl (C=O) groups excluding carboxylic acids is 1. The highest BCUT2D eigenvalue weighted by atomic mass is 35.5. The number of carbonyl (C=O) groups is 1. The van der Waals surface area contributed by atoms with E-state index in [1.165, 1.54) is 16.9 Å². The highest BCUT2D eigenvalue weighted by molar-refractivity contribution is 7.17. The van der Waals surface area contributed by atoms with Gasteiger partial charge in [-0.25, -0.2) is 0 Å². The smallest absolute Gasteiger partial charge is 0.261 e. The van der Waals surface area contributed by atoms with Gasteiger partial charge in [0.2, 0.25) is 0 Å². The lowest BCUT2D eigenvalue weighted by molar-refractivity contribution is 0.0958. The molecule has 1 aliphatic rings. The SMILES string of the molecule is COc1ccc2c(c1Cl)CCc1cc(C(=O)NCCC#N)sc1-2. The maximum Gasteiger partial charge on any atom is 0.261 e. The van der Waals surface area contributed by atoms with E-state index in [-0.39, 0.29) is 5.91 Å². The van der Waals surface area contributed by atoms with Crippen LogP contribution in [0.5, 0.6) is 5.75 Å². The number of amides is 1. The maximum atomic E-state index is 12.2. The van der Waals surface area contributed by atoms with Gasteiger partial charge < -0.3 is 10.1 Å². The molecule has 0 saturated carbocycles. The molecule has 0 bridgehead atoms. The van der Waals surface area contributed by atoms with Gasteiger partial charge in [-0.3, -0.25) is 4.79 Å². The Morgan fingerprint density at radius 3 is 3.04 bits per heavy atom. The van der Waals surface area contributed by atoms with Crippen molar-refractivity contribution >= 4 is 28.8 Å². The van der Waals surface area contributed by atoms with Gasteiger partial charge in [0.25, 0.3) is 5.91 Å². The summed E-state index contributed by atoms with van der Waals surface area (Å²) >= 11 is 7.89. The van der Waals surface area contributed by atoms with Crippen molar-refractivity contribution in [2.45, 2.75) is 19.3 Å². The van der Waals surface area contributed by atoms with Crippen molar-refractivity contribution in [3.8, 4) is 22.3 Å². The third-order valence-corrected chi connectivity index (χ3v) is 5.50. The van der Waals surface area contributed by atoms with Crippen LogP contribution in [-0.2, 0) is 12.8 Å². The minimum Gasteiger partial charge on any atom is -0.495 e. The van der Waals surface area contributed by atoms with Gasteiger partial charge in [-0.1, -0.05) is 11.6 Å². The zero-order valence-electron chi connectivity index (χ0n) is 12.6. The van der Waals surface area contributed by atoms with Gasteiger partial charge in [-0.15, -0.1) is 11.3 Å². The second kappa shape index (κ2) is 6.61. The molecule has 0 radical (unpaired) electrons. The Bertz CT molecular complexity index is 808. The zero-order chi connectivity index (χ0) is 16.4. The fourth-order valence-electron chi connectivity index (χ4n) is 2.75. The molecule has 1 N–H and O–H groups in total. The normalized spacial score (nSPS) is 12.0. The third-order valence-electron chi connectivity index (χ3n) is 3.87. The largest absolute Gasteiger partial charge is 0.495 e. The zero-order valence-corrected chi connectivity index (χ0v) is 14.2. The number of hydrogen-bond acceptors (Lipinski definition) is 4. The van der Waals surface area contributed by atoms with E-state index in [1.807, 2.05) is 24.3 Å². The van der Waals surface area contributed by atoms with Crippen molar-refractivity contribution < 1.29 is 9.53 Å². The first-order valence-corrected chi connectivity index (χ1v) is 8.48. The molecule has 1 aromatic heterocycles. The lowest BCUT2D eigenvalue weighted by atomic mass is 9.91. The summed E-state index contributed by atoms with van der Waals surface area (Å²) in [5.74, 6) is 0.556. The van der Waals surface area contributed by atoms with E-state index in [2.05, 4.69) is 5.32 Å². The molecular weight excluding hydrogens is 332 g/mol. The van der Waals surface area contributed by atoms with Crippen LogP contribution >= 0.6 is 22.9 Å². The third kappa shape index (κ3) is 2.92. The molecule has 3 rings (SSSR count). The van der Waals surface area contributed by atoms with Gasteiger partial charge in [0.15, 0.2) is 0 Å². The predicted octanol–water partition coefficient (Wildman–Crippen LogP) is 3.82. The van der Waals surface area contributed by atoms with Crippen molar-refractivity contribution in [2.24, 2.45) is 0 Å². The van der Waals surface area contributed by atoms with Gasteiger partial charge in [0, 0.05) is 11.4 Å². The van der Waals surface area contributed by atoms with E-state index >= 15 is 0 Å². The van der Waals surface area contributed by atoms with Crippen LogP contribution in [0.25, 0.3) is 10.4 Å². The van der Waals surface area contributed by atoms with E-state index in [0.29, 0.717) is 28.6 Å². The quantitative estimate of drug-likeness (QED) is 0.856. The minimum atomic E-state index is -0.124. The van der Waals surface area contributed by atoms with Crippen molar-refractivity contribution in [1.82, 2.24) is 5.32 Å². The molecule has 1 aliphatic carbocycles. The molecular formula is C17H15ClN2O2S. The molecule has 6 heteroatoms. The summed E-state index contributed by atoms with van der Waals surface area (Å²) in [7, 11) is 1.61. The summed E-state index contributed by atoms with van der Waals surface area (Å²) in [6.07, 6.45) is 2.01. The molecule has 1 aromatic carbocycles. The summed E-state index contributed by atoms with van der Waals surface area (Å²) in [6, 6.07) is 7.83. The fourth-order valence-corrected chi connectivity index (χ4v) is 4.26. The van der Waals surface area contributed by atoms with Gasteiger partial charge in [0.05, 0.1) is 29.5 Å². The van der Waals surface area contributed by atoms with Crippen molar-refractivity contribution in [3.63, 3.8) is 0 Å². The second-order valence-electron chi connectivity index (χ2n) is 5.24. The topological polar surface area (TPSA) is 62.1 Å². The maximum absolute atomic E-state index is 12.2. The van der Waals surface area contributed by atoms with Crippen molar-refractivity contribution in [2.75, 3.05) is 13.7 Å². The number of nitrogens with zero attached hydrogens (tertiary/aromatic N) is 1. The van der Waals surface area contributed by atoms with Crippen LogP contribution in [0.4, 0.5) is 0 Å².